The lowest BCUT2D eigenvalue weighted by molar-refractivity contribution is -0.115. The van der Waals surface area contributed by atoms with Gasteiger partial charge < -0.3 is 9.88 Å². The zero-order chi connectivity index (χ0) is 16.3. The van der Waals surface area contributed by atoms with E-state index in [0.717, 1.165) is 0 Å². The van der Waals surface area contributed by atoms with Gasteiger partial charge in [0.05, 0.1) is 12.9 Å². The predicted molar refractivity (Wildman–Crippen MR) is 83.2 cm³/mol. The summed E-state index contributed by atoms with van der Waals surface area (Å²) < 4.78 is 27.6. The van der Waals surface area contributed by atoms with E-state index in [1.807, 2.05) is 0 Å². The topological polar surface area (TPSA) is 93.1 Å². The van der Waals surface area contributed by atoms with Crippen LogP contribution in [0.2, 0.25) is 5.02 Å². The van der Waals surface area contributed by atoms with Gasteiger partial charge in [-0.05, 0) is 24.6 Å². The molecule has 9 heteroatoms. The summed E-state index contributed by atoms with van der Waals surface area (Å²) in [6, 6.07) is 5.09. The molecule has 0 atom stereocenters. The number of aryl methyl sites for hydroxylation is 1. The van der Waals surface area contributed by atoms with Crippen molar-refractivity contribution in [3.8, 4) is 0 Å². The van der Waals surface area contributed by atoms with Crippen LogP contribution in [0.5, 0.6) is 0 Å². The van der Waals surface area contributed by atoms with E-state index in [1.165, 1.54) is 17.1 Å². The van der Waals surface area contributed by atoms with E-state index in [1.54, 1.807) is 32.2 Å². The van der Waals surface area contributed by atoms with Crippen molar-refractivity contribution in [1.82, 2.24) is 14.3 Å². The largest absolute Gasteiger partial charge is 0.339 e. The minimum absolute atomic E-state index is 0.137. The molecule has 22 heavy (non-hydrogen) atoms. The van der Waals surface area contributed by atoms with Crippen molar-refractivity contribution in [2.45, 2.75) is 11.9 Å². The lowest BCUT2D eigenvalue weighted by atomic mass is 10.2. The second-order valence-corrected chi connectivity index (χ2v) is 6.78. The molecule has 0 unspecified atom stereocenters. The lowest BCUT2D eigenvalue weighted by Crippen LogP contribution is -2.33. The van der Waals surface area contributed by atoms with Gasteiger partial charge in [0, 0.05) is 24.0 Å². The fourth-order valence-corrected chi connectivity index (χ4v) is 2.83. The molecule has 0 saturated carbocycles. The van der Waals surface area contributed by atoms with Gasteiger partial charge in [0.15, 0.2) is 5.03 Å². The molecule has 0 aliphatic carbocycles. The first-order chi connectivity index (χ1) is 10.3. The average molecular weight is 343 g/mol. The van der Waals surface area contributed by atoms with Crippen LogP contribution in [-0.2, 0) is 21.9 Å². The fourth-order valence-electron chi connectivity index (χ4n) is 1.70. The summed E-state index contributed by atoms with van der Waals surface area (Å²) in [6.45, 7) is 1.36. The molecule has 1 aromatic heterocycles. The molecule has 1 aromatic carbocycles. The van der Waals surface area contributed by atoms with E-state index < -0.39 is 22.5 Å². The number of aromatic nitrogens is 2. The van der Waals surface area contributed by atoms with Crippen LogP contribution in [0.1, 0.15) is 5.56 Å². The van der Waals surface area contributed by atoms with Gasteiger partial charge >= 0.3 is 0 Å². The van der Waals surface area contributed by atoms with Gasteiger partial charge in [-0.2, -0.15) is 0 Å². The number of nitrogens with zero attached hydrogens (tertiary/aromatic N) is 2. The van der Waals surface area contributed by atoms with Crippen LogP contribution >= 0.6 is 11.6 Å². The second-order valence-electron chi connectivity index (χ2n) is 4.66. The molecule has 1 heterocycles. The third-order valence-corrected chi connectivity index (χ3v) is 4.62. The maximum atomic E-state index is 11.9. The number of halogens is 1. The molecular formula is C13H15ClN4O3S. The maximum absolute atomic E-state index is 11.9. The second kappa shape index (κ2) is 6.47. The highest BCUT2D eigenvalue weighted by Crippen LogP contribution is 2.22. The van der Waals surface area contributed by atoms with Gasteiger partial charge in [-0.25, -0.2) is 18.1 Å². The van der Waals surface area contributed by atoms with E-state index in [4.69, 9.17) is 11.6 Å². The molecule has 1 amide bonds. The molecule has 2 aromatic rings. The third kappa shape index (κ3) is 3.85. The normalized spacial score (nSPS) is 11.4. The molecule has 118 valence electrons. The molecule has 2 rings (SSSR count). The molecule has 0 aliphatic heterocycles. The number of anilines is 1. The molecule has 2 N–H and O–H groups in total. The molecule has 7 nitrogen and oxygen atoms in total. The van der Waals surface area contributed by atoms with Crippen molar-refractivity contribution in [3.05, 3.63) is 41.3 Å². The lowest BCUT2D eigenvalue weighted by Gasteiger charge is -2.10. The first-order valence-electron chi connectivity index (χ1n) is 6.32. The summed E-state index contributed by atoms with van der Waals surface area (Å²) in [5.41, 5.74) is 1.25. The Morgan fingerprint density at radius 2 is 2.14 bits per heavy atom. The monoisotopic (exact) mass is 342 g/mol. The van der Waals surface area contributed by atoms with E-state index in [0.29, 0.717) is 16.3 Å². The van der Waals surface area contributed by atoms with Crippen LogP contribution in [0.15, 0.2) is 35.7 Å². The number of hydrogen-bond donors (Lipinski definition) is 2. The molecule has 0 bridgehead atoms. The van der Waals surface area contributed by atoms with E-state index in [2.05, 4.69) is 15.0 Å². The van der Waals surface area contributed by atoms with Gasteiger partial charge in [0.1, 0.15) is 0 Å². The van der Waals surface area contributed by atoms with Crippen molar-refractivity contribution >= 4 is 33.2 Å². The van der Waals surface area contributed by atoms with Crippen LogP contribution in [0, 0.1) is 6.92 Å². The molecular weight excluding hydrogens is 328 g/mol. The minimum atomic E-state index is -3.81. The van der Waals surface area contributed by atoms with Gasteiger partial charge in [0.2, 0.25) is 5.91 Å². The van der Waals surface area contributed by atoms with Crippen molar-refractivity contribution in [3.63, 3.8) is 0 Å². The number of sulfonamides is 1. The standard InChI is InChI=1S/C13H15ClN4O3S/c1-9-10(14)4-3-5-11(9)17-12(19)6-16-22(20,21)13-7-18(2)8-15-13/h3-5,7-8,16H,6H2,1-2H3,(H,17,19). The number of amides is 1. The van der Waals surface area contributed by atoms with E-state index in [9.17, 15) is 13.2 Å². The Bertz CT molecular complexity index is 801. The van der Waals surface area contributed by atoms with Crippen molar-refractivity contribution < 1.29 is 13.2 Å². The Morgan fingerprint density at radius 1 is 1.41 bits per heavy atom. The Hall–Kier alpha value is -1.90. The maximum Gasteiger partial charge on any atom is 0.260 e. The van der Waals surface area contributed by atoms with Crippen molar-refractivity contribution in [2.75, 3.05) is 11.9 Å². The number of rotatable bonds is 5. The molecule has 0 aliphatic rings. The van der Waals surface area contributed by atoms with E-state index in [-0.39, 0.29) is 5.03 Å². The third-order valence-electron chi connectivity index (χ3n) is 2.92. The SMILES string of the molecule is Cc1c(Cl)cccc1NC(=O)CNS(=O)(=O)c1cn(C)cn1. The summed E-state index contributed by atoms with van der Waals surface area (Å²) in [4.78, 5) is 15.6. The Labute approximate surface area is 133 Å². The quantitative estimate of drug-likeness (QED) is 0.856. The average Bonchev–Trinajstić information content (AvgIpc) is 2.89. The van der Waals surface area contributed by atoms with Crippen LogP contribution in [0.4, 0.5) is 5.69 Å². The number of hydrogen-bond acceptors (Lipinski definition) is 4. The molecule has 0 saturated heterocycles. The molecule has 0 radical (unpaired) electrons. The first kappa shape index (κ1) is 16.5. The zero-order valence-corrected chi connectivity index (χ0v) is 13.6. The van der Waals surface area contributed by atoms with Crippen molar-refractivity contribution in [2.24, 2.45) is 7.05 Å². The van der Waals surface area contributed by atoms with Gasteiger partial charge in [0.25, 0.3) is 10.0 Å². The summed E-state index contributed by atoms with van der Waals surface area (Å²) >= 11 is 5.96. The first-order valence-corrected chi connectivity index (χ1v) is 8.18. The minimum Gasteiger partial charge on any atom is -0.339 e. The molecule has 0 spiro atoms. The summed E-state index contributed by atoms with van der Waals surface area (Å²) in [7, 11) is -2.16. The van der Waals surface area contributed by atoms with Gasteiger partial charge in [-0.1, -0.05) is 17.7 Å². The highest BCUT2D eigenvalue weighted by molar-refractivity contribution is 7.89. The number of benzene rings is 1. The summed E-state index contributed by atoms with van der Waals surface area (Å²) in [5, 5.41) is 2.99. The van der Waals surface area contributed by atoms with Crippen LogP contribution in [0.3, 0.4) is 0 Å². The van der Waals surface area contributed by atoms with Crippen LogP contribution < -0.4 is 10.0 Å². The number of carbonyl (C=O) groups excluding carboxylic acids is 1. The zero-order valence-electron chi connectivity index (χ0n) is 12.0. The number of imidazole rings is 1. The van der Waals surface area contributed by atoms with Crippen LogP contribution in [-0.4, -0.2) is 30.4 Å². The summed E-state index contributed by atoms with van der Waals surface area (Å²) in [5.74, 6) is -0.495. The number of nitrogens with one attached hydrogen (secondary N) is 2. The van der Waals surface area contributed by atoms with E-state index >= 15 is 0 Å². The Kier molecular flexibility index (Phi) is 4.84. The fraction of sp³-hybridized carbons (Fsp3) is 0.231. The van der Waals surface area contributed by atoms with Crippen LogP contribution in [0.25, 0.3) is 0 Å². The van der Waals surface area contributed by atoms with Crippen molar-refractivity contribution in [1.29, 1.82) is 0 Å². The van der Waals surface area contributed by atoms with Gasteiger partial charge in [-0.15, -0.1) is 0 Å². The summed E-state index contributed by atoms with van der Waals surface area (Å²) in [6.07, 6.45) is 2.71. The highest BCUT2D eigenvalue weighted by atomic mass is 35.5. The molecule has 0 fully saturated rings. The highest BCUT2D eigenvalue weighted by Gasteiger charge is 2.18. The number of carbonyl (C=O) groups is 1. The predicted octanol–water partition coefficient (Wildman–Crippen LogP) is 1.30. The Balaban J connectivity index is 2.00. The van der Waals surface area contributed by atoms with Gasteiger partial charge in [-0.3, -0.25) is 4.79 Å². The smallest absolute Gasteiger partial charge is 0.260 e. The Morgan fingerprint density at radius 3 is 2.77 bits per heavy atom.